The molecule has 1 amide bonds. The Morgan fingerprint density at radius 2 is 1.82 bits per heavy atom. The number of hydrogen-bond donors (Lipinski definition) is 1. The van der Waals surface area contributed by atoms with Gasteiger partial charge >= 0.3 is 0 Å². The maximum absolute atomic E-state index is 12.2. The molecule has 22 heavy (non-hydrogen) atoms. The molecule has 6 nitrogen and oxygen atoms in total. The van der Waals surface area contributed by atoms with Crippen LogP contribution in [0.1, 0.15) is 47.7 Å². The molecular weight excluding hydrogens is 304 g/mol. The van der Waals surface area contributed by atoms with Crippen molar-refractivity contribution in [3.05, 3.63) is 22.6 Å². The smallest absolute Gasteiger partial charge is 0.255 e. The molecule has 7 heteroatoms. The Balaban J connectivity index is 2.56. The van der Waals surface area contributed by atoms with Gasteiger partial charge in [0.1, 0.15) is 11.5 Å². The molecule has 0 aliphatic heterocycles. The number of nitrogens with one attached hydrogen (secondary N) is 1. The standard InChI is InChI=1S/C15H26N2O4S/c1-10(2)17(22(6,19)20)9-7-8-16-15(18)14-11(3)12(4)21-13(14)5/h10H,7-9H2,1-6H3,(H,16,18). The van der Waals surface area contributed by atoms with Crippen molar-refractivity contribution in [3.63, 3.8) is 0 Å². The van der Waals surface area contributed by atoms with Crippen molar-refractivity contribution >= 4 is 15.9 Å². The van der Waals surface area contributed by atoms with Crippen LogP contribution in [0.2, 0.25) is 0 Å². The van der Waals surface area contributed by atoms with E-state index in [0.717, 1.165) is 11.3 Å². The number of aryl methyl sites for hydroxylation is 2. The highest BCUT2D eigenvalue weighted by Gasteiger charge is 2.20. The first kappa shape index (κ1) is 18.7. The van der Waals surface area contributed by atoms with Crippen LogP contribution >= 0.6 is 0 Å². The molecule has 0 aromatic carbocycles. The SMILES string of the molecule is Cc1oc(C)c(C(=O)NCCCN(C(C)C)S(C)(=O)=O)c1C. The number of hydrogen-bond acceptors (Lipinski definition) is 4. The summed E-state index contributed by atoms with van der Waals surface area (Å²) in [5, 5.41) is 2.82. The highest BCUT2D eigenvalue weighted by atomic mass is 32.2. The van der Waals surface area contributed by atoms with Crippen LogP contribution in [0.4, 0.5) is 0 Å². The zero-order chi connectivity index (χ0) is 17.1. The largest absolute Gasteiger partial charge is 0.466 e. The molecule has 0 aliphatic rings. The first-order valence-corrected chi connectivity index (χ1v) is 9.22. The lowest BCUT2D eigenvalue weighted by atomic mass is 10.1. The molecular formula is C15H26N2O4S. The first-order chi connectivity index (χ1) is 10.1. The fourth-order valence-corrected chi connectivity index (χ4v) is 3.69. The third kappa shape index (κ3) is 4.58. The Labute approximate surface area is 132 Å². The van der Waals surface area contributed by atoms with E-state index in [4.69, 9.17) is 4.42 Å². The van der Waals surface area contributed by atoms with Crippen LogP contribution in [-0.4, -0.2) is 44.0 Å². The Kier molecular flexibility index (Phi) is 6.19. The van der Waals surface area contributed by atoms with E-state index in [1.807, 2.05) is 27.7 Å². The average Bonchev–Trinajstić information content (AvgIpc) is 2.60. The molecule has 0 unspecified atom stereocenters. The Hall–Kier alpha value is -1.34. The maximum Gasteiger partial charge on any atom is 0.255 e. The number of nitrogens with zero attached hydrogens (tertiary/aromatic N) is 1. The van der Waals surface area contributed by atoms with Gasteiger partial charge in [-0.05, 0) is 41.0 Å². The van der Waals surface area contributed by atoms with Gasteiger partial charge in [0, 0.05) is 24.7 Å². The molecule has 1 heterocycles. The van der Waals surface area contributed by atoms with Gasteiger partial charge in [0.05, 0.1) is 11.8 Å². The van der Waals surface area contributed by atoms with Crippen molar-refractivity contribution in [1.29, 1.82) is 0 Å². The third-order valence-electron chi connectivity index (χ3n) is 3.63. The second kappa shape index (κ2) is 7.28. The maximum atomic E-state index is 12.2. The van der Waals surface area contributed by atoms with Gasteiger partial charge in [-0.2, -0.15) is 4.31 Å². The molecule has 0 radical (unpaired) electrons. The van der Waals surface area contributed by atoms with E-state index < -0.39 is 10.0 Å². The Morgan fingerprint density at radius 1 is 1.23 bits per heavy atom. The minimum Gasteiger partial charge on any atom is -0.466 e. The number of carbonyl (C=O) groups is 1. The van der Waals surface area contributed by atoms with Gasteiger partial charge in [-0.25, -0.2) is 8.42 Å². The number of rotatable bonds is 7. The lowest BCUT2D eigenvalue weighted by Gasteiger charge is -2.23. The van der Waals surface area contributed by atoms with Gasteiger partial charge in [0.15, 0.2) is 0 Å². The summed E-state index contributed by atoms with van der Waals surface area (Å²) in [6.07, 6.45) is 1.76. The molecule has 0 aliphatic carbocycles. The summed E-state index contributed by atoms with van der Waals surface area (Å²) in [4.78, 5) is 12.2. The van der Waals surface area contributed by atoms with Crippen LogP contribution in [0.25, 0.3) is 0 Å². The average molecular weight is 330 g/mol. The Morgan fingerprint density at radius 3 is 2.23 bits per heavy atom. The summed E-state index contributed by atoms with van der Waals surface area (Å²) in [6.45, 7) is 9.91. The molecule has 1 aromatic heterocycles. The van der Waals surface area contributed by atoms with Crippen molar-refractivity contribution in [2.45, 2.75) is 47.1 Å². The topological polar surface area (TPSA) is 79.6 Å². The third-order valence-corrected chi connectivity index (χ3v) is 5.09. The molecule has 0 spiro atoms. The van der Waals surface area contributed by atoms with Gasteiger partial charge in [-0.1, -0.05) is 0 Å². The van der Waals surface area contributed by atoms with Gasteiger partial charge in [-0.15, -0.1) is 0 Å². The van der Waals surface area contributed by atoms with E-state index in [1.165, 1.54) is 10.6 Å². The molecule has 1 rings (SSSR count). The number of carbonyl (C=O) groups excluding carboxylic acids is 1. The lowest BCUT2D eigenvalue weighted by molar-refractivity contribution is 0.0950. The molecule has 0 fully saturated rings. The fraction of sp³-hybridized carbons (Fsp3) is 0.667. The Bertz CT molecular complexity index is 632. The van der Waals surface area contributed by atoms with Crippen LogP contribution in [0.3, 0.4) is 0 Å². The van der Waals surface area contributed by atoms with Crippen molar-refractivity contribution < 1.29 is 17.6 Å². The van der Waals surface area contributed by atoms with Crippen molar-refractivity contribution in [3.8, 4) is 0 Å². The molecule has 0 saturated heterocycles. The van der Waals surface area contributed by atoms with E-state index in [9.17, 15) is 13.2 Å². The minimum absolute atomic E-state index is 0.0910. The van der Waals surface area contributed by atoms with Crippen LogP contribution in [0.15, 0.2) is 4.42 Å². The monoisotopic (exact) mass is 330 g/mol. The summed E-state index contributed by atoms with van der Waals surface area (Å²) in [6, 6.07) is -0.0910. The summed E-state index contributed by atoms with van der Waals surface area (Å²) in [5.74, 6) is 1.17. The second-order valence-electron chi connectivity index (χ2n) is 5.79. The molecule has 1 aromatic rings. The number of amides is 1. The van der Waals surface area contributed by atoms with E-state index in [0.29, 0.717) is 30.8 Å². The van der Waals surface area contributed by atoms with Gasteiger partial charge < -0.3 is 9.73 Å². The van der Waals surface area contributed by atoms with Crippen LogP contribution in [-0.2, 0) is 10.0 Å². The second-order valence-corrected chi connectivity index (χ2v) is 7.73. The molecule has 0 atom stereocenters. The highest BCUT2D eigenvalue weighted by Crippen LogP contribution is 2.20. The quantitative estimate of drug-likeness (QED) is 0.776. The predicted octanol–water partition coefficient (Wildman–Crippen LogP) is 1.99. The lowest BCUT2D eigenvalue weighted by Crippen LogP contribution is -2.38. The van der Waals surface area contributed by atoms with Crippen LogP contribution < -0.4 is 5.32 Å². The van der Waals surface area contributed by atoms with E-state index in [1.54, 1.807) is 6.92 Å². The van der Waals surface area contributed by atoms with Gasteiger partial charge in [-0.3, -0.25) is 4.79 Å². The molecule has 126 valence electrons. The summed E-state index contributed by atoms with van der Waals surface area (Å²) in [5.41, 5.74) is 1.41. The van der Waals surface area contributed by atoms with E-state index in [-0.39, 0.29) is 11.9 Å². The van der Waals surface area contributed by atoms with E-state index >= 15 is 0 Å². The van der Waals surface area contributed by atoms with Crippen molar-refractivity contribution in [2.75, 3.05) is 19.3 Å². The van der Waals surface area contributed by atoms with E-state index in [2.05, 4.69) is 5.32 Å². The molecule has 0 saturated carbocycles. The zero-order valence-corrected chi connectivity index (χ0v) is 15.0. The normalized spacial score (nSPS) is 12.2. The fourth-order valence-electron chi connectivity index (χ4n) is 2.46. The number of sulfonamides is 1. The number of furan rings is 1. The summed E-state index contributed by atoms with van der Waals surface area (Å²) < 4.78 is 30.1. The zero-order valence-electron chi connectivity index (χ0n) is 14.2. The summed E-state index contributed by atoms with van der Waals surface area (Å²) >= 11 is 0. The van der Waals surface area contributed by atoms with Gasteiger partial charge in [0.2, 0.25) is 10.0 Å². The molecule has 1 N–H and O–H groups in total. The molecule has 0 bridgehead atoms. The highest BCUT2D eigenvalue weighted by molar-refractivity contribution is 7.88. The minimum atomic E-state index is -3.22. The van der Waals surface area contributed by atoms with Gasteiger partial charge in [0.25, 0.3) is 5.91 Å². The first-order valence-electron chi connectivity index (χ1n) is 7.37. The predicted molar refractivity (Wildman–Crippen MR) is 86.6 cm³/mol. The van der Waals surface area contributed by atoms with Crippen LogP contribution in [0.5, 0.6) is 0 Å². The van der Waals surface area contributed by atoms with Crippen molar-refractivity contribution in [1.82, 2.24) is 9.62 Å². The van der Waals surface area contributed by atoms with Crippen LogP contribution in [0, 0.1) is 20.8 Å². The summed E-state index contributed by atoms with van der Waals surface area (Å²) in [7, 11) is -3.22. The van der Waals surface area contributed by atoms with Crippen molar-refractivity contribution in [2.24, 2.45) is 0 Å².